The molecule has 6 heteroatoms. The van der Waals surface area contributed by atoms with Crippen molar-refractivity contribution in [2.75, 3.05) is 13.1 Å². The first-order chi connectivity index (χ1) is 9.90. The molecule has 1 aromatic carbocycles. The largest absolute Gasteiger partial charge is 0.326 e. The average molecular weight is 314 g/mol. The Morgan fingerprint density at radius 3 is 2.76 bits per heavy atom. The standard InChI is InChI=1S/C15H23FN2O2S/c1-3-4-12-5-6-18(10-12)21(19,20)14-7-11(2)15(16)13(8-14)9-17/h7-8,12H,3-6,9-10,17H2,1-2H3. The summed E-state index contributed by atoms with van der Waals surface area (Å²) < 4.78 is 40.7. The molecule has 1 aliphatic heterocycles. The van der Waals surface area contributed by atoms with Crippen LogP contribution in [-0.4, -0.2) is 25.8 Å². The highest BCUT2D eigenvalue weighted by Gasteiger charge is 2.32. The molecule has 0 amide bonds. The van der Waals surface area contributed by atoms with E-state index in [1.807, 2.05) is 0 Å². The molecule has 1 fully saturated rings. The zero-order valence-corrected chi connectivity index (χ0v) is 13.4. The highest BCUT2D eigenvalue weighted by molar-refractivity contribution is 7.89. The van der Waals surface area contributed by atoms with Crippen molar-refractivity contribution in [2.24, 2.45) is 11.7 Å². The van der Waals surface area contributed by atoms with Gasteiger partial charge in [-0.2, -0.15) is 4.31 Å². The van der Waals surface area contributed by atoms with Gasteiger partial charge in [0.15, 0.2) is 0 Å². The molecule has 1 atom stereocenters. The number of aryl methyl sites for hydroxylation is 1. The zero-order valence-electron chi connectivity index (χ0n) is 12.6. The number of rotatable bonds is 5. The number of sulfonamides is 1. The molecule has 1 unspecified atom stereocenters. The van der Waals surface area contributed by atoms with Crippen LogP contribution >= 0.6 is 0 Å². The molecule has 0 radical (unpaired) electrons. The normalized spacial score (nSPS) is 20.1. The van der Waals surface area contributed by atoms with Crippen molar-refractivity contribution in [2.45, 2.75) is 44.6 Å². The minimum Gasteiger partial charge on any atom is -0.326 e. The fourth-order valence-electron chi connectivity index (χ4n) is 2.91. The monoisotopic (exact) mass is 314 g/mol. The minimum absolute atomic E-state index is 0.00546. The maximum Gasteiger partial charge on any atom is 0.243 e. The van der Waals surface area contributed by atoms with Crippen molar-refractivity contribution in [1.82, 2.24) is 4.31 Å². The van der Waals surface area contributed by atoms with E-state index in [9.17, 15) is 12.8 Å². The molecule has 4 nitrogen and oxygen atoms in total. The number of hydrogen-bond acceptors (Lipinski definition) is 3. The Labute approximate surface area is 126 Å². The molecule has 1 heterocycles. The summed E-state index contributed by atoms with van der Waals surface area (Å²) in [6.07, 6.45) is 3.01. The van der Waals surface area contributed by atoms with E-state index in [1.54, 1.807) is 6.92 Å². The highest BCUT2D eigenvalue weighted by atomic mass is 32.2. The summed E-state index contributed by atoms with van der Waals surface area (Å²) in [5.41, 5.74) is 6.07. The lowest BCUT2D eigenvalue weighted by Crippen LogP contribution is -2.29. The molecule has 0 saturated carbocycles. The van der Waals surface area contributed by atoms with Gasteiger partial charge >= 0.3 is 0 Å². The van der Waals surface area contributed by atoms with Crippen LogP contribution in [0.4, 0.5) is 4.39 Å². The maximum absolute atomic E-state index is 13.8. The van der Waals surface area contributed by atoms with Crippen molar-refractivity contribution < 1.29 is 12.8 Å². The second-order valence-electron chi connectivity index (χ2n) is 5.72. The van der Waals surface area contributed by atoms with E-state index in [-0.39, 0.29) is 17.0 Å². The van der Waals surface area contributed by atoms with E-state index in [2.05, 4.69) is 6.92 Å². The van der Waals surface area contributed by atoms with Gasteiger partial charge in [0.1, 0.15) is 5.82 Å². The Morgan fingerprint density at radius 2 is 2.14 bits per heavy atom. The Bertz CT molecular complexity index is 616. The molecule has 1 aliphatic rings. The van der Waals surface area contributed by atoms with Gasteiger partial charge in [-0.25, -0.2) is 12.8 Å². The Kier molecular flexibility index (Phi) is 5.01. The topological polar surface area (TPSA) is 63.4 Å². The van der Waals surface area contributed by atoms with E-state index in [0.29, 0.717) is 24.6 Å². The van der Waals surface area contributed by atoms with Crippen LogP contribution in [0.15, 0.2) is 17.0 Å². The first kappa shape index (κ1) is 16.4. The van der Waals surface area contributed by atoms with Crippen molar-refractivity contribution in [3.63, 3.8) is 0 Å². The number of benzene rings is 1. The fourth-order valence-corrected chi connectivity index (χ4v) is 4.58. The maximum atomic E-state index is 13.8. The van der Waals surface area contributed by atoms with Crippen molar-refractivity contribution in [3.8, 4) is 0 Å². The predicted molar refractivity (Wildman–Crippen MR) is 80.8 cm³/mol. The van der Waals surface area contributed by atoms with E-state index in [0.717, 1.165) is 19.3 Å². The third kappa shape index (κ3) is 3.27. The molecule has 1 saturated heterocycles. The number of nitrogens with zero attached hydrogens (tertiary/aromatic N) is 1. The van der Waals surface area contributed by atoms with Gasteiger partial charge in [0.05, 0.1) is 4.90 Å². The van der Waals surface area contributed by atoms with Crippen LogP contribution in [0.2, 0.25) is 0 Å². The Hall–Kier alpha value is -0.980. The third-order valence-electron chi connectivity index (χ3n) is 4.11. The molecule has 0 spiro atoms. The van der Waals surface area contributed by atoms with Gasteiger partial charge in [0.25, 0.3) is 0 Å². The van der Waals surface area contributed by atoms with Gasteiger partial charge in [-0.3, -0.25) is 0 Å². The summed E-state index contributed by atoms with van der Waals surface area (Å²) in [5, 5.41) is 0. The second kappa shape index (κ2) is 6.42. The van der Waals surface area contributed by atoms with Gasteiger partial charge < -0.3 is 5.73 Å². The van der Waals surface area contributed by atoms with Gasteiger partial charge in [-0.15, -0.1) is 0 Å². The van der Waals surface area contributed by atoms with Crippen molar-refractivity contribution in [3.05, 3.63) is 29.1 Å². The summed E-state index contributed by atoms with van der Waals surface area (Å²) >= 11 is 0. The Morgan fingerprint density at radius 1 is 1.43 bits per heavy atom. The molecule has 2 rings (SSSR count). The van der Waals surface area contributed by atoms with Crippen molar-refractivity contribution in [1.29, 1.82) is 0 Å². The summed E-state index contributed by atoms with van der Waals surface area (Å²) in [6, 6.07) is 2.77. The summed E-state index contributed by atoms with van der Waals surface area (Å²) in [6.45, 7) is 4.77. The molecular weight excluding hydrogens is 291 g/mol. The molecule has 0 aliphatic carbocycles. The lowest BCUT2D eigenvalue weighted by atomic mass is 10.0. The molecular formula is C15H23FN2O2S. The number of hydrogen-bond donors (Lipinski definition) is 1. The SMILES string of the molecule is CCCC1CCN(S(=O)(=O)c2cc(C)c(F)c(CN)c2)C1. The zero-order chi connectivity index (χ0) is 15.6. The minimum atomic E-state index is -3.55. The number of nitrogens with two attached hydrogens (primary N) is 1. The van der Waals surface area contributed by atoms with E-state index in [4.69, 9.17) is 5.73 Å². The summed E-state index contributed by atoms with van der Waals surface area (Å²) in [7, 11) is -3.55. The Balaban J connectivity index is 2.30. The van der Waals surface area contributed by atoms with Crippen LogP contribution in [-0.2, 0) is 16.6 Å². The molecule has 1 aromatic rings. The molecule has 21 heavy (non-hydrogen) atoms. The van der Waals surface area contributed by atoms with E-state index >= 15 is 0 Å². The van der Waals surface area contributed by atoms with Crippen LogP contribution in [0.5, 0.6) is 0 Å². The second-order valence-corrected chi connectivity index (χ2v) is 7.66. The molecule has 0 aromatic heterocycles. The third-order valence-corrected chi connectivity index (χ3v) is 5.95. The van der Waals surface area contributed by atoms with E-state index in [1.165, 1.54) is 16.4 Å². The molecule has 118 valence electrons. The summed E-state index contributed by atoms with van der Waals surface area (Å²) in [5.74, 6) is 0.0158. The molecule has 0 bridgehead atoms. The van der Waals surface area contributed by atoms with Gasteiger partial charge in [0, 0.05) is 25.2 Å². The van der Waals surface area contributed by atoms with Gasteiger partial charge in [-0.05, 0) is 43.4 Å². The quantitative estimate of drug-likeness (QED) is 0.907. The average Bonchev–Trinajstić information content (AvgIpc) is 2.91. The number of halogens is 1. The first-order valence-corrected chi connectivity index (χ1v) is 8.83. The van der Waals surface area contributed by atoms with Crippen LogP contribution < -0.4 is 5.73 Å². The van der Waals surface area contributed by atoms with Crippen molar-refractivity contribution >= 4 is 10.0 Å². The summed E-state index contributed by atoms with van der Waals surface area (Å²) in [4.78, 5) is 0.152. The van der Waals surface area contributed by atoms with Crippen LogP contribution in [0.3, 0.4) is 0 Å². The fraction of sp³-hybridized carbons (Fsp3) is 0.600. The smallest absolute Gasteiger partial charge is 0.243 e. The van der Waals surface area contributed by atoms with Crippen LogP contribution in [0.25, 0.3) is 0 Å². The first-order valence-electron chi connectivity index (χ1n) is 7.39. The van der Waals surface area contributed by atoms with Crippen LogP contribution in [0.1, 0.15) is 37.3 Å². The van der Waals surface area contributed by atoms with E-state index < -0.39 is 15.8 Å². The lowest BCUT2D eigenvalue weighted by Gasteiger charge is -2.18. The lowest BCUT2D eigenvalue weighted by molar-refractivity contribution is 0.444. The van der Waals surface area contributed by atoms with Gasteiger partial charge in [0.2, 0.25) is 10.0 Å². The molecule has 2 N–H and O–H groups in total. The highest BCUT2D eigenvalue weighted by Crippen LogP contribution is 2.28. The predicted octanol–water partition coefficient (Wildman–Crippen LogP) is 2.40. The van der Waals surface area contributed by atoms with Gasteiger partial charge in [-0.1, -0.05) is 13.3 Å². The van der Waals surface area contributed by atoms with Crippen LogP contribution in [0, 0.1) is 18.7 Å².